The molecular formula is C11H17N3O3S. The summed E-state index contributed by atoms with van der Waals surface area (Å²) in [4.78, 5) is 0. The van der Waals surface area contributed by atoms with E-state index < -0.39 is 10.2 Å². The molecule has 1 heterocycles. The average Bonchev–Trinajstić information content (AvgIpc) is 2.40. The zero-order valence-corrected chi connectivity index (χ0v) is 10.9. The predicted octanol–water partition coefficient (Wildman–Crippen LogP) is 0.0107. The van der Waals surface area contributed by atoms with Crippen LogP contribution < -0.4 is 5.73 Å². The summed E-state index contributed by atoms with van der Waals surface area (Å²) >= 11 is 0. The van der Waals surface area contributed by atoms with E-state index in [1.807, 2.05) is 12.1 Å². The van der Waals surface area contributed by atoms with E-state index in [1.54, 1.807) is 12.1 Å². The summed E-state index contributed by atoms with van der Waals surface area (Å²) in [5.41, 5.74) is 5.07. The van der Waals surface area contributed by atoms with Crippen molar-refractivity contribution in [2.75, 3.05) is 26.3 Å². The van der Waals surface area contributed by atoms with Gasteiger partial charge in [0.05, 0.1) is 19.8 Å². The Morgan fingerprint density at radius 3 is 2.61 bits per heavy atom. The molecule has 0 aromatic heterocycles. The lowest BCUT2D eigenvalue weighted by atomic mass is 10.2. The predicted molar refractivity (Wildman–Crippen MR) is 67.4 cm³/mol. The maximum atomic E-state index is 12.1. The summed E-state index contributed by atoms with van der Waals surface area (Å²) < 4.78 is 34.6. The minimum absolute atomic E-state index is 0.359. The fraction of sp³-hybridized carbons (Fsp3) is 0.455. The van der Waals surface area contributed by atoms with Gasteiger partial charge in [-0.3, -0.25) is 0 Å². The molecule has 1 fully saturated rings. The highest BCUT2D eigenvalue weighted by Crippen LogP contribution is 2.28. The summed E-state index contributed by atoms with van der Waals surface area (Å²) in [6, 6.07) is 7.15. The van der Waals surface area contributed by atoms with Gasteiger partial charge in [-0.05, 0) is 5.56 Å². The fourth-order valence-corrected chi connectivity index (χ4v) is 2.92. The number of quaternary nitrogens is 1. The Bertz CT molecular complexity index is 498. The van der Waals surface area contributed by atoms with Gasteiger partial charge in [-0.15, -0.1) is 5.69 Å². The van der Waals surface area contributed by atoms with Crippen molar-refractivity contribution in [1.29, 1.82) is 0 Å². The van der Waals surface area contributed by atoms with Gasteiger partial charge in [0.1, 0.15) is 0 Å². The molecule has 0 amide bonds. The molecule has 2 rings (SSSR count). The van der Waals surface area contributed by atoms with Crippen LogP contribution >= 0.6 is 0 Å². The number of hydrogen-bond acceptors (Lipinski definition) is 3. The Hall–Kier alpha value is -1.15. The van der Waals surface area contributed by atoms with Gasteiger partial charge in [0.25, 0.3) is 0 Å². The van der Waals surface area contributed by atoms with Crippen molar-refractivity contribution in [3.05, 3.63) is 34.6 Å². The van der Waals surface area contributed by atoms with Crippen molar-refractivity contribution < 1.29 is 18.9 Å². The summed E-state index contributed by atoms with van der Waals surface area (Å²) in [7, 11) is -3.62. The van der Waals surface area contributed by atoms with E-state index >= 15 is 0 Å². The molecule has 18 heavy (non-hydrogen) atoms. The summed E-state index contributed by atoms with van der Waals surface area (Å²) in [6.07, 6.45) is 0. The highest BCUT2D eigenvalue weighted by atomic mass is 32.2. The molecule has 0 saturated carbocycles. The molecule has 1 saturated heterocycles. The molecule has 0 spiro atoms. The Labute approximate surface area is 107 Å². The molecular weight excluding hydrogens is 254 g/mol. The number of nitrogens with zero attached hydrogens (tertiary/aromatic N) is 2. The van der Waals surface area contributed by atoms with Crippen LogP contribution in [0, 0.1) is 0 Å². The highest BCUT2D eigenvalue weighted by Gasteiger charge is 2.18. The maximum Gasteiger partial charge on any atom is 0.159 e. The van der Waals surface area contributed by atoms with E-state index in [1.165, 1.54) is 4.31 Å². The first-order valence-corrected chi connectivity index (χ1v) is 7.21. The van der Waals surface area contributed by atoms with Crippen molar-refractivity contribution in [3.8, 4) is 0 Å². The van der Waals surface area contributed by atoms with Crippen molar-refractivity contribution in [1.82, 2.24) is 4.31 Å². The topological polar surface area (TPSA) is 88.3 Å². The number of hydrogen-bond donors (Lipinski definition) is 1. The first kappa shape index (κ1) is 13.3. The Kier molecular flexibility index (Phi) is 4.18. The van der Waals surface area contributed by atoms with Gasteiger partial charge >= 0.3 is 0 Å². The molecule has 6 nitrogen and oxygen atoms in total. The molecule has 0 bridgehead atoms. The van der Waals surface area contributed by atoms with Crippen LogP contribution in [0.2, 0.25) is 0 Å². The molecule has 1 aromatic carbocycles. The second kappa shape index (κ2) is 5.66. The molecule has 7 heteroatoms. The molecule has 0 atom stereocenters. The smallest absolute Gasteiger partial charge is 0.159 e. The third kappa shape index (κ3) is 2.99. The van der Waals surface area contributed by atoms with Crippen molar-refractivity contribution >= 4 is 15.9 Å². The average molecular weight is 271 g/mol. The summed E-state index contributed by atoms with van der Waals surface area (Å²) in [5.74, 6) is 0. The van der Waals surface area contributed by atoms with E-state index in [0.717, 1.165) is 5.56 Å². The second-order valence-electron chi connectivity index (χ2n) is 3.96. The van der Waals surface area contributed by atoms with Crippen LogP contribution in [0.15, 0.2) is 24.3 Å². The Balaban J connectivity index is 2.16. The third-order valence-corrected chi connectivity index (χ3v) is 4.22. The summed E-state index contributed by atoms with van der Waals surface area (Å²) in [5, 5.41) is 0. The van der Waals surface area contributed by atoms with Gasteiger partial charge in [-0.2, -0.15) is 0 Å². The first-order chi connectivity index (χ1) is 8.63. The first-order valence-electron chi connectivity index (χ1n) is 5.81. The van der Waals surface area contributed by atoms with E-state index in [2.05, 4.69) is 10.5 Å². The van der Waals surface area contributed by atoms with Crippen LogP contribution in [0.4, 0.5) is 5.69 Å². The highest BCUT2D eigenvalue weighted by molar-refractivity contribution is 7.92. The fourth-order valence-electron chi connectivity index (χ4n) is 1.77. The number of benzene rings is 1. The number of morpholine rings is 1. The monoisotopic (exact) mass is 271 g/mol. The van der Waals surface area contributed by atoms with Crippen LogP contribution in [0.3, 0.4) is 0 Å². The van der Waals surface area contributed by atoms with Crippen molar-refractivity contribution in [3.63, 3.8) is 0 Å². The minimum atomic E-state index is -3.62. The zero-order valence-electron chi connectivity index (χ0n) is 10.1. The molecule has 1 aromatic rings. The minimum Gasteiger partial charge on any atom is -0.563 e. The largest absolute Gasteiger partial charge is 0.563 e. The summed E-state index contributed by atoms with van der Waals surface area (Å²) in [6.45, 7) is 2.08. The quantitative estimate of drug-likeness (QED) is 0.836. The van der Waals surface area contributed by atoms with Gasteiger partial charge in [-0.25, -0.2) is 12.7 Å². The molecule has 1 aliphatic heterocycles. The van der Waals surface area contributed by atoms with Gasteiger partial charge in [0, 0.05) is 13.1 Å². The zero-order chi connectivity index (χ0) is 13.0. The third-order valence-electron chi connectivity index (χ3n) is 2.77. The SMILES string of the molecule is [NH3+]Cc1ccccc1[N-]S(=O)(=O)N1CCOCC1. The van der Waals surface area contributed by atoms with Gasteiger partial charge in [0.15, 0.2) is 10.2 Å². The van der Waals surface area contributed by atoms with Gasteiger partial charge in [0.2, 0.25) is 0 Å². The molecule has 0 aliphatic carbocycles. The van der Waals surface area contributed by atoms with Crippen LogP contribution in [0.25, 0.3) is 4.72 Å². The van der Waals surface area contributed by atoms with E-state index in [-0.39, 0.29) is 0 Å². The second-order valence-corrected chi connectivity index (χ2v) is 5.55. The standard InChI is InChI=1S/C11H16N3O3S/c12-9-10-3-1-2-4-11(10)13-18(15,16)14-5-7-17-8-6-14/h1-4H,5-9,12H2/q-1/p+1. The number of rotatable bonds is 4. The van der Waals surface area contributed by atoms with Crippen LogP contribution in [0.1, 0.15) is 5.56 Å². The van der Waals surface area contributed by atoms with Crippen LogP contribution in [0.5, 0.6) is 0 Å². The molecule has 3 N–H and O–H groups in total. The lowest BCUT2D eigenvalue weighted by Gasteiger charge is -2.34. The van der Waals surface area contributed by atoms with Gasteiger partial charge < -0.3 is 15.2 Å². The molecule has 1 aliphatic rings. The normalized spacial score (nSPS) is 17.6. The Morgan fingerprint density at radius 2 is 1.94 bits per heavy atom. The molecule has 0 radical (unpaired) electrons. The van der Waals surface area contributed by atoms with E-state index in [0.29, 0.717) is 38.5 Å². The van der Waals surface area contributed by atoms with E-state index in [4.69, 9.17) is 4.74 Å². The molecule has 100 valence electrons. The van der Waals surface area contributed by atoms with Gasteiger partial charge in [-0.1, -0.05) is 24.3 Å². The van der Waals surface area contributed by atoms with Crippen molar-refractivity contribution in [2.24, 2.45) is 0 Å². The van der Waals surface area contributed by atoms with E-state index in [9.17, 15) is 8.42 Å². The Morgan fingerprint density at radius 1 is 1.28 bits per heavy atom. The van der Waals surface area contributed by atoms with Crippen LogP contribution in [-0.2, 0) is 21.5 Å². The van der Waals surface area contributed by atoms with Crippen LogP contribution in [-0.4, -0.2) is 39.0 Å². The lowest BCUT2D eigenvalue weighted by molar-refractivity contribution is -0.386. The number of ether oxygens (including phenoxy) is 1. The molecule has 0 unspecified atom stereocenters. The lowest BCUT2D eigenvalue weighted by Crippen LogP contribution is -2.47. The maximum absolute atomic E-state index is 12.1. The van der Waals surface area contributed by atoms with Crippen molar-refractivity contribution in [2.45, 2.75) is 6.54 Å².